The van der Waals surface area contributed by atoms with Gasteiger partial charge in [-0.15, -0.1) is 0 Å². The summed E-state index contributed by atoms with van der Waals surface area (Å²) in [5.41, 5.74) is 1.11. The molecule has 0 saturated heterocycles. The average Bonchev–Trinajstić information content (AvgIpc) is 2.06. The third kappa shape index (κ3) is 3.33. The fourth-order valence-corrected chi connectivity index (χ4v) is 1.72. The molecule has 1 aromatic carbocycles. The van der Waals surface area contributed by atoms with Crippen LogP contribution in [0, 0.1) is 0 Å². The highest BCUT2D eigenvalue weighted by Gasteiger charge is 2.28. The van der Waals surface area contributed by atoms with Crippen LogP contribution in [0.25, 0.3) is 0 Å². The summed E-state index contributed by atoms with van der Waals surface area (Å²) in [6.45, 7) is 1.85. The van der Waals surface area contributed by atoms with Gasteiger partial charge in [-0.25, -0.2) is 0 Å². The normalized spacial score (nSPS) is 11.8. The lowest BCUT2D eigenvalue weighted by Gasteiger charge is -2.10. The average molecular weight is 267 g/mol. The molecule has 0 N–H and O–H groups in total. The van der Waals surface area contributed by atoms with Crippen molar-refractivity contribution in [1.82, 2.24) is 0 Å². The molecular formula is C10H10BrF3. The second-order valence-corrected chi connectivity index (χ2v) is 3.97. The summed E-state index contributed by atoms with van der Waals surface area (Å²) in [5.74, 6) is 0. The number of hydrogen-bond donors (Lipinski definition) is 0. The van der Waals surface area contributed by atoms with Crippen molar-refractivity contribution in [3.05, 3.63) is 33.8 Å². The number of benzene rings is 1. The van der Waals surface area contributed by atoms with E-state index in [1.54, 1.807) is 12.1 Å². The van der Waals surface area contributed by atoms with Gasteiger partial charge in [-0.05, 0) is 29.7 Å². The Hall–Kier alpha value is -0.510. The molecule has 0 aliphatic heterocycles. The van der Waals surface area contributed by atoms with E-state index >= 15 is 0 Å². The van der Waals surface area contributed by atoms with E-state index in [1.807, 2.05) is 6.92 Å². The smallest absolute Gasteiger partial charge is 0.171 e. The molecular weight excluding hydrogens is 257 g/mol. The molecule has 0 nitrogen and oxygen atoms in total. The Labute approximate surface area is 89.3 Å². The molecule has 1 rings (SSSR count). The van der Waals surface area contributed by atoms with Crippen LogP contribution in [0.15, 0.2) is 22.7 Å². The summed E-state index contributed by atoms with van der Waals surface area (Å²) in [7, 11) is 0. The Morgan fingerprint density at radius 1 is 1.21 bits per heavy atom. The molecule has 0 spiro atoms. The first kappa shape index (κ1) is 11.6. The largest absolute Gasteiger partial charge is 0.393 e. The molecule has 0 fully saturated rings. The fourth-order valence-electron chi connectivity index (χ4n) is 1.31. The maximum absolute atomic E-state index is 12.1. The lowest BCUT2D eigenvalue weighted by atomic mass is 10.0. The van der Waals surface area contributed by atoms with Gasteiger partial charge < -0.3 is 0 Å². The molecule has 0 aromatic heterocycles. The van der Waals surface area contributed by atoms with Gasteiger partial charge in [-0.1, -0.05) is 28.9 Å². The van der Waals surface area contributed by atoms with Crippen molar-refractivity contribution in [2.75, 3.05) is 0 Å². The number of halogens is 4. The van der Waals surface area contributed by atoms with E-state index in [9.17, 15) is 13.2 Å². The van der Waals surface area contributed by atoms with Gasteiger partial charge in [-0.3, -0.25) is 0 Å². The predicted molar refractivity (Wildman–Crippen MR) is 53.3 cm³/mol. The Kier molecular flexibility index (Phi) is 3.59. The minimum Gasteiger partial charge on any atom is -0.171 e. The predicted octanol–water partition coefficient (Wildman–Crippen LogP) is 4.12. The Morgan fingerprint density at radius 3 is 2.36 bits per heavy atom. The van der Waals surface area contributed by atoms with Crippen LogP contribution >= 0.6 is 15.9 Å². The molecule has 0 heterocycles. The zero-order valence-corrected chi connectivity index (χ0v) is 9.24. The summed E-state index contributed by atoms with van der Waals surface area (Å²) in [4.78, 5) is 0. The fraction of sp³-hybridized carbons (Fsp3) is 0.400. The third-order valence-electron chi connectivity index (χ3n) is 1.94. The highest BCUT2D eigenvalue weighted by molar-refractivity contribution is 9.10. The minimum atomic E-state index is -4.13. The van der Waals surface area contributed by atoms with E-state index in [0.29, 0.717) is 12.0 Å². The van der Waals surface area contributed by atoms with Gasteiger partial charge in [-0.2, -0.15) is 13.2 Å². The zero-order valence-electron chi connectivity index (χ0n) is 7.66. The molecule has 1 aromatic rings. The summed E-state index contributed by atoms with van der Waals surface area (Å²) in [6.07, 6.45) is -4.36. The van der Waals surface area contributed by atoms with Gasteiger partial charge in [0.1, 0.15) is 0 Å². The van der Waals surface area contributed by atoms with Crippen LogP contribution in [0.2, 0.25) is 0 Å². The van der Waals surface area contributed by atoms with Crippen molar-refractivity contribution in [3.8, 4) is 0 Å². The number of aryl methyl sites for hydroxylation is 1. The minimum absolute atomic E-state index is 0.364. The second-order valence-electron chi connectivity index (χ2n) is 3.06. The quantitative estimate of drug-likeness (QED) is 0.756. The van der Waals surface area contributed by atoms with Crippen LogP contribution in [-0.4, -0.2) is 6.18 Å². The van der Waals surface area contributed by atoms with Crippen LogP contribution in [0.4, 0.5) is 13.2 Å². The first-order chi connectivity index (χ1) is 6.42. The lowest BCUT2D eigenvalue weighted by molar-refractivity contribution is -0.127. The highest BCUT2D eigenvalue weighted by Crippen LogP contribution is 2.25. The van der Waals surface area contributed by atoms with Gasteiger partial charge in [0.2, 0.25) is 0 Å². The van der Waals surface area contributed by atoms with Crippen LogP contribution in [-0.2, 0) is 12.8 Å². The summed E-state index contributed by atoms with van der Waals surface area (Å²) in [6, 6.07) is 4.90. The van der Waals surface area contributed by atoms with E-state index in [2.05, 4.69) is 15.9 Å². The summed E-state index contributed by atoms with van der Waals surface area (Å²) < 4.78 is 37.3. The zero-order chi connectivity index (χ0) is 10.8. The molecule has 0 unspecified atom stereocenters. The van der Waals surface area contributed by atoms with Crippen molar-refractivity contribution in [1.29, 1.82) is 0 Å². The van der Waals surface area contributed by atoms with Crippen LogP contribution in [0.1, 0.15) is 18.1 Å². The molecule has 0 bridgehead atoms. The maximum atomic E-state index is 12.1. The number of hydrogen-bond acceptors (Lipinski definition) is 0. The Morgan fingerprint density at radius 2 is 1.86 bits per heavy atom. The molecule has 0 aliphatic rings. The standard InChI is InChI=1S/C10H10BrF3/c1-2-7-5-9(11)4-3-8(7)6-10(12,13)14/h3-5H,2,6H2,1H3. The molecule has 4 heteroatoms. The maximum Gasteiger partial charge on any atom is 0.393 e. The van der Waals surface area contributed by atoms with Crippen LogP contribution < -0.4 is 0 Å². The van der Waals surface area contributed by atoms with Crippen molar-refractivity contribution < 1.29 is 13.2 Å². The van der Waals surface area contributed by atoms with Gasteiger partial charge >= 0.3 is 6.18 Å². The molecule has 78 valence electrons. The van der Waals surface area contributed by atoms with Crippen LogP contribution in [0.3, 0.4) is 0 Å². The second kappa shape index (κ2) is 4.34. The SMILES string of the molecule is CCc1cc(Br)ccc1CC(F)(F)F. The Balaban J connectivity index is 2.97. The summed E-state index contributed by atoms with van der Waals surface area (Å²) in [5, 5.41) is 0. The van der Waals surface area contributed by atoms with E-state index in [1.165, 1.54) is 6.07 Å². The summed E-state index contributed by atoms with van der Waals surface area (Å²) >= 11 is 3.24. The van der Waals surface area contributed by atoms with E-state index in [4.69, 9.17) is 0 Å². The van der Waals surface area contributed by atoms with Gasteiger partial charge in [0.05, 0.1) is 6.42 Å². The number of alkyl halides is 3. The van der Waals surface area contributed by atoms with E-state index < -0.39 is 12.6 Å². The van der Waals surface area contributed by atoms with Crippen molar-refractivity contribution >= 4 is 15.9 Å². The van der Waals surface area contributed by atoms with Crippen molar-refractivity contribution in [2.24, 2.45) is 0 Å². The highest BCUT2D eigenvalue weighted by atomic mass is 79.9. The number of rotatable bonds is 2. The van der Waals surface area contributed by atoms with Gasteiger partial charge in [0.25, 0.3) is 0 Å². The molecule has 14 heavy (non-hydrogen) atoms. The van der Waals surface area contributed by atoms with E-state index in [-0.39, 0.29) is 0 Å². The monoisotopic (exact) mass is 266 g/mol. The molecule has 0 aliphatic carbocycles. The molecule has 0 radical (unpaired) electrons. The molecule has 0 atom stereocenters. The molecule has 0 saturated carbocycles. The third-order valence-corrected chi connectivity index (χ3v) is 2.43. The lowest BCUT2D eigenvalue weighted by Crippen LogP contribution is -2.13. The van der Waals surface area contributed by atoms with Crippen molar-refractivity contribution in [2.45, 2.75) is 25.9 Å². The topological polar surface area (TPSA) is 0 Å². The van der Waals surface area contributed by atoms with Crippen LogP contribution in [0.5, 0.6) is 0 Å². The van der Waals surface area contributed by atoms with Crippen molar-refractivity contribution in [3.63, 3.8) is 0 Å². The first-order valence-corrected chi connectivity index (χ1v) is 5.05. The van der Waals surface area contributed by atoms with Gasteiger partial charge in [0, 0.05) is 4.47 Å². The van der Waals surface area contributed by atoms with E-state index in [0.717, 1.165) is 10.0 Å². The first-order valence-electron chi connectivity index (χ1n) is 4.26. The Bertz CT molecular complexity index is 318. The molecule has 0 amide bonds. The van der Waals surface area contributed by atoms with Gasteiger partial charge in [0.15, 0.2) is 0 Å².